The number of rotatable bonds is 3. The molecule has 3 N–H and O–H groups in total. The average Bonchev–Trinajstić information content (AvgIpc) is 2.69. The molecule has 2 unspecified atom stereocenters. The summed E-state index contributed by atoms with van der Waals surface area (Å²) in [5, 5.41) is 9.01. The van der Waals surface area contributed by atoms with E-state index in [1.807, 2.05) is 4.98 Å². The first-order valence-corrected chi connectivity index (χ1v) is 6.23. The SMILES string of the molecule is CC1C(C(=O)O)CCN1C(=O)Cc1cc(=O)[nH]c(=O)[nH]1. The van der Waals surface area contributed by atoms with Gasteiger partial charge in [-0.1, -0.05) is 0 Å². The van der Waals surface area contributed by atoms with Crippen LogP contribution in [0.2, 0.25) is 0 Å². The smallest absolute Gasteiger partial charge is 0.325 e. The summed E-state index contributed by atoms with van der Waals surface area (Å²) in [6.45, 7) is 2.05. The lowest BCUT2D eigenvalue weighted by atomic mass is 10.0. The average molecular weight is 281 g/mol. The van der Waals surface area contributed by atoms with Crippen LogP contribution in [0.4, 0.5) is 0 Å². The summed E-state index contributed by atoms with van der Waals surface area (Å²) in [5.74, 6) is -1.79. The zero-order valence-corrected chi connectivity index (χ0v) is 10.9. The molecule has 0 saturated carbocycles. The van der Waals surface area contributed by atoms with Crippen molar-refractivity contribution >= 4 is 11.9 Å². The van der Waals surface area contributed by atoms with Crippen molar-refractivity contribution in [1.82, 2.24) is 14.9 Å². The van der Waals surface area contributed by atoms with Crippen molar-refractivity contribution in [3.63, 3.8) is 0 Å². The Balaban J connectivity index is 2.11. The maximum absolute atomic E-state index is 12.1. The molecule has 1 aromatic rings. The molecule has 0 spiro atoms. The highest BCUT2D eigenvalue weighted by molar-refractivity contribution is 5.81. The first-order valence-electron chi connectivity index (χ1n) is 6.23. The third kappa shape index (κ3) is 2.79. The van der Waals surface area contributed by atoms with E-state index in [1.165, 1.54) is 4.90 Å². The van der Waals surface area contributed by atoms with E-state index >= 15 is 0 Å². The van der Waals surface area contributed by atoms with Gasteiger partial charge in [0, 0.05) is 24.3 Å². The first-order chi connectivity index (χ1) is 9.38. The second kappa shape index (κ2) is 5.32. The molecule has 1 aliphatic rings. The number of carbonyl (C=O) groups excluding carboxylic acids is 1. The topological polar surface area (TPSA) is 123 Å². The zero-order valence-electron chi connectivity index (χ0n) is 10.9. The van der Waals surface area contributed by atoms with Crippen LogP contribution < -0.4 is 11.2 Å². The van der Waals surface area contributed by atoms with Crippen LogP contribution in [0.25, 0.3) is 0 Å². The van der Waals surface area contributed by atoms with Crippen molar-refractivity contribution in [1.29, 1.82) is 0 Å². The molecule has 2 heterocycles. The van der Waals surface area contributed by atoms with E-state index in [-0.39, 0.29) is 18.0 Å². The van der Waals surface area contributed by atoms with Gasteiger partial charge in [0.15, 0.2) is 0 Å². The Kier molecular flexibility index (Phi) is 3.73. The molecule has 8 nitrogen and oxygen atoms in total. The Morgan fingerprint density at radius 3 is 2.65 bits per heavy atom. The molecule has 0 bridgehead atoms. The lowest BCUT2D eigenvalue weighted by Crippen LogP contribution is -2.39. The number of nitrogens with zero attached hydrogens (tertiary/aromatic N) is 1. The van der Waals surface area contributed by atoms with Crippen molar-refractivity contribution in [2.75, 3.05) is 6.54 Å². The number of nitrogens with one attached hydrogen (secondary N) is 2. The molecular formula is C12H15N3O5. The third-order valence-corrected chi connectivity index (χ3v) is 3.55. The van der Waals surface area contributed by atoms with Crippen LogP contribution in [0.5, 0.6) is 0 Å². The molecule has 2 rings (SSSR count). The Morgan fingerprint density at radius 2 is 2.10 bits per heavy atom. The van der Waals surface area contributed by atoms with Crippen LogP contribution in [0, 0.1) is 5.92 Å². The number of amides is 1. The minimum absolute atomic E-state index is 0.129. The summed E-state index contributed by atoms with van der Waals surface area (Å²) < 4.78 is 0. The van der Waals surface area contributed by atoms with Gasteiger partial charge in [-0.15, -0.1) is 0 Å². The van der Waals surface area contributed by atoms with Gasteiger partial charge in [-0.25, -0.2) is 4.79 Å². The molecule has 1 fully saturated rings. The van der Waals surface area contributed by atoms with Crippen LogP contribution in [-0.2, 0) is 16.0 Å². The standard InChI is InChI=1S/C12H15N3O5/c1-6-8(11(18)19)2-3-15(6)10(17)5-7-4-9(16)14-12(20)13-7/h4,6,8H,2-3,5H2,1H3,(H,18,19)(H2,13,14,16,20). The van der Waals surface area contributed by atoms with E-state index in [0.29, 0.717) is 13.0 Å². The summed E-state index contributed by atoms with van der Waals surface area (Å²) in [7, 11) is 0. The molecule has 1 aliphatic heterocycles. The van der Waals surface area contributed by atoms with Gasteiger partial charge < -0.3 is 15.0 Å². The second-order valence-electron chi connectivity index (χ2n) is 4.85. The third-order valence-electron chi connectivity index (χ3n) is 3.55. The van der Waals surface area contributed by atoms with Crippen LogP contribution in [-0.4, -0.2) is 44.4 Å². The molecule has 1 amide bonds. The molecule has 108 valence electrons. The summed E-state index contributed by atoms with van der Waals surface area (Å²) in [6, 6.07) is 0.753. The molecule has 8 heteroatoms. The molecular weight excluding hydrogens is 266 g/mol. The van der Waals surface area contributed by atoms with Crippen LogP contribution >= 0.6 is 0 Å². The Labute approximate surface area is 113 Å². The lowest BCUT2D eigenvalue weighted by molar-refractivity contribution is -0.143. The number of likely N-dealkylation sites (tertiary alicyclic amines) is 1. The second-order valence-corrected chi connectivity index (χ2v) is 4.85. The molecule has 0 aromatic carbocycles. The largest absolute Gasteiger partial charge is 0.481 e. The van der Waals surface area contributed by atoms with Gasteiger partial charge >= 0.3 is 11.7 Å². The van der Waals surface area contributed by atoms with Gasteiger partial charge in [0.1, 0.15) is 0 Å². The highest BCUT2D eigenvalue weighted by Crippen LogP contribution is 2.24. The monoisotopic (exact) mass is 281 g/mol. The molecule has 1 aromatic heterocycles. The summed E-state index contributed by atoms with van der Waals surface area (Å²) in [6.07, 6.45) is 0.282. The number of aromatic amines is 2. The number of H-pyrrole nitrogens is 2. The predicted octanol–water partition coefficient (Wildman–Crippen LogP) is -1.07. The number of aromatic nitrogens is 2. The number of aliphatic carboxylic acids is 1. The van der Waals surface area contributed by atoms with E-state index in [9.17, 15) is 19.2 Å². The molecule has 0 radical (unpaired) electrons. The molecule has 2 atom stereocenters. The van der Waals surface area contributed by atoms with E-state index in [2.05, 4.69) is 4.98 Å². The Morgan fingerprint density at radius 1 is 1.40 bits per heavy atom. The van der Waals surface area contributed by atoms with Crippen LogP contribution in [0.1, 0.15) is 19.0 Å². The van der Waals surface area contributed by atoms with Gasteiger partial charge in [0.2, 0.25) is 5.91 Å². The van der Waals surface area contributed by atoms with E-state index in [4.69, 9.17) is 5.11 Å². The van der Waals surface area contributed by atoms with Crippen molar-refractivity contribution in [2.24, 2.45) is 5.92 Å². The minimum atomic E-state index is -0.919. The molecule has 0 aliphatic carbocycles. The number of hydrogen-bond donors (Lipinski definition) is 3. The van der Waals surface area contributed by atoms with Crippen molar-refractivity contribution < 1.29 is 14.7 Å². The first kappa shape index (κ1) is 14.0. The lowest BCUT2D eigenvalue weighted by Gasteiger charge is -2.23. The van der Waals surface area contributed by atoms with Crippen molar-refractivity contribution in [3.8, 4) is 0 Å². The number of carbonyl (C=O) groups is 2. The number of hydrogen-bond acceptors (Lipinski definition) is 4. The number of carboxylic acids is 1. The highest BCUT2D eigenvalue weighted by Gasteiger charge is 2.37. The van der Waals surface area contributed by atoms with E-state index < -0.39 is 29.2 Å². The summed E-state index contributed by atoms with van der Waals surface area (Å²) in [4.78, 5) is 51.2. The van der Waals surface area contributed by atoms with Crippen LogP contribution in [0.15, 0.2) is 15.7 Å². The fourth-order valence-electron chi connectivity index (χ4n) is 2.50. The Hall–Kier alpha value is -2.38. The maximum atomic E-state index is 12.1. The van der Waals surface area contributed by atoms with Crippen molar-refractivity contribution in [3.05, 3.63) is 32.6 Å². The van der Waals surface area contributed by atoms with Gasteiger partial charge in [-0.3, -0.25) is 19.4 Å². The van der Waals surface area contributed by atoms with Crippen molar-refractivity contribution in [2.45, 2.75) is 25.8 Å². The summed E-state index contributed by atoms with van der Waals surface area (Å²) >= 11 is 0. The fourth-order valence-corrected chi connectivity index (χ4v) is 2.50. The fraction of sp³-hybridized carbons (Fsp3) is 0.500. The Bertz CT molecular complexity index is 619. The highest BCUT2D eigenvalue weighted by atomic mass is 16.4. The predicted molar refractivity (Wildman–Crippen MR) is 68.3 cm³/mol. The summed E-state index contributed by atoms with van der Waals surface area (Å²) in [5.41, 5.74) is -1.03. The van der Waals surface area contributed by atoms with Gasteiger partial charge in [0.25, 0.3) is 5.56 Å². The maximum Gasteiger partial charge on any atom is 0.325 e. The van der Waals surface area contributed by atoms with Crippen LogP contribution in [0.3, 0.4) is 0 Å². The molecule has 1 saturated heterocycles. The van der Waals surface area contributed by atoms with E-state index in [1.54, 1.807) is 6.92 Å². The van der Waals surface area contributed by atoms with Gasteiger partial charge in [0.05, 0.1) is 12.3 Å². The van der Waals surface area contributed by atoms with E-state index in [0.717, 1.165) is 6.07 Å². The minimum Gasteiger partial charge on any atom is -0.481 e. The zero-order chi connectivity index (χ0) is 14.9. The quantitative estimate of drug-likeness (QED) is 0.650. The molecule has 20 heavy (non-hydrogen) atoms. The van der Waals surface area contributed by atoms with Gasteiger partial charge in [-0.2, -0.15) is 0 Å². The van der Waals surface area contributed by atoms with Gasteiger partial charge in [-0.05, 0) is 13.3 Å². The number of carboxylic acid groups (broad SMARTS) is 1. The normalized spacial score (nSPS) is 21.9.